The van der Waals surface area contributed by atoms with Gasteiger partial charge in [0.2, 0.25) is 5.91 Å². The van der Waals surface area contributed by atoms with E-state index in [1.807, 2.05) is 0 Å². The lowest BCUT2D eigenvalue weighted by Gasteiger charge is -2.41. The molecule has 4 rings (SSSR count). The molecule has 24 heavy (non-hydrogen) atoms. The second kappa shape index (κ2) is 7.79. The summed E-state index contributed by atoms with van der Waals surface area (Å²) >= 11 is 0. The smallest absolute Gasteiger partial charge is 0.222 e. The molecule has 0 spiro atoms. The Morgan fingerprint density at radius 2 is 1.54 bits per heavy atom. The topological polar surface area (TPSA) is 20.3 Å². The highest BCUT2D eigenvalue weighted by atomic mass is 16.2. The minimum atomic E-state index is 0.500. The summed E-state index contributed by atoms with van der Waals surface area (Å²) in [7, 11) is 0. The van der Waals surface area contributed by atoms with Crippen molar-refractivity contribution in [2.75, 3.05) is 13.1 Å². The van der Waals surface area contributed by atoms with Crippen LogP contribution < -0.4 is 0 Å². The monoisotopic (exact) mass is 331 g/mol. The number of hydrogen-bond donors (Lipinski definition) is 0. The number of carbonyl (C=O) groups is 1. The lowest BCUT2D eigenvalue weighted by Crippen LogP contribution is -2.36. The van der Waals surface area contributed by atoms with Gasteiger partial charge in [-0.25, -0.2) is 0 Å². The molecule has 4 atom stereocenters. The molecule has 2 nitrogen and oxygen atoms in total. The van der Waals surface area contributed by atoms with Crippen LogP contribution in [0.4, 0.5) is 0 Å². The molecular formula is C22H37NO. The predicted molar refractivity (Wildman–Crippen MR) is 98.7 cm³/mol. The summed E-state index contributed by atoms with van der Waals surface area (Å²) in [5.41, 5.74) is 0. The molecule has 136 valence electrons. The van der Waals surface area contributed by atoms with Crippen molar-refractivity contribution in [2.24, 2.45) is 29.6 Å². The summed E-state index contributed by atoms with van der Waals surface area (Å²) in [5.74, 6) is 4.84. The Balaban J connectivity index is 1.26. The number of nitrogens with zero attached hydrogens (tertiary/aromatic N) is 1. The lowest BCUT2D eigenvalue weighted by atomic mass is 9.64. The van der Waals surface area contributed by atoms with E-state index in [1.54, 1.807) is 0 Å². The first-order valence-electron chi connectivity index (χ1n) is 11.1. The van der Waals surface area contributed by atoms with Crippen molar-refractivity contribution in [3.63, 3.8) is 0 Å². The Bertz CT molecular complexity index is 426. The second-order valence-electron chi connectivity index (χ2n) is 9.48. The van der Waals surface area contributed by atoms with Gasteiger partial charge in [-0.2, -0.15) is 0 Å². The van der Waals surface area contributed by atoms with Gasteiger partial charge in [0, 0.05) is 19.5 Å². The third kappa shape index (κ3) is 3.83. The summed E-state index contributed by atoms with van der Waals surface area (Å²) in [5, 5.41) is 0. The standard InChI is InChI=1S/C22H37NO/c24-22(15-20-10-5-9-19-8-3-4-11-21(19)20)23-13-12-18(16-23)14-17-6-1-2-7-17/h17-21H,1-16H2. The number of hydrogen-bond acceptors (Lipinski definition) is 1. The largest absolute Gasteiger partial charge is 0.342 e. The quantitative estimate of drug-likeness (QED) is 0.674. The van der Waals surface area contributed by atoms with Gasteiger partial charge in [-0.3, -0.25) is 4.79 Å². The molecule has 4 fully saturated rings. The van der Waals surface area contributed by atoms with Crippen molar-refractivity contribution >= 4 is 5.91 Å². The van der Waals surface area contributed by atoms with Crippen LogP contribution in [0.1, 0.15) is 89.9 Å². The molecule has 1 saturated heterocycles. The van der Waals surface area contributed by atoms with E-state index in [4.69, 9.17) is 0 Å². The Kier molecular flexibility index (Phi) is 5.49. The molecule has 0 aromatic rings. The van der Waals surface area contributed by atoms with Crippen LogP contribution in [0.25, 0.3) is 0 Å². The molecule has 1 heterocycles. The normalized spacial score (nSPS) is 37.6. The summed E-state index contributed by atoms with van der Waals surface area (Å²) in [6, 6.07) is 0. The van der Waals surface area contributed by atoms with Gasteiger partial charge in [0.1, 0.15) is 0 Å². The average molecular weight is 332 g/mol. The average Bonchev–Trinajstić information content (AvgIpc) is 3.28. The summed E-state index contributed by atoms with van der Waals surface area (Å²) in [6.07, 6.45) is 19.2. The van der Waals surface area contributed by atoms with Crippen LogP contribution in [-0.4, -0.2) is 23.9 Å². The van der Waals surface area contributed by atoms with Gasteiger partial charge < -0.3 is 4.90 Å². The van der Waals surface area contributed by atoms with Crippen molar-refractivity contribution < 1.29 is 4.79 Å². The molecule has 0 bridgehead atoms. The van der Waals surface area contributed by atoms with E-state index < -0.39 is 0 Å². The highest BCUT2D eigenvalue weighted by molar-refractivity contribution is 5.76. The predicted octanol–water partition coefficient (Wildman–Crippen LogP) is 5.41. The maximum absolute atomic E-state index is 12.9. The number of fused-ring (bicyclic) bond motifs is 1. The third-order valence-corrected chi connectivity index (χ3v) is 7.94. The van der Waals surface area contributed by atoms with Gasteiger partial charge in [0.25, 0.3) is 0 Å². The van der Waals surface area contributed by atoms with Gasteiger partial charge in [-0.05, 0) is 55.3 Å². The van der Waals surface area contributed by atoms with E-state index in [0.717, 1.165) is 43.2 Å². The van der Waals surface area contributed by atoms with E-state index in [-0.39, 0.29) is 0 Å². The molecule has 0 radical (unpaired) electrons. The van der Waals surface area contributed by atoms with Crippen molar-refractivity contribution in [1.29, 1.82) is 0 Å². The van der Waals surface area contributed by atoms with E-state index in [9.17, 15) is 4.79 Å². The van der Waals surface area contributed by atoms with Crippen molar-refractivity contribution in [2.45, 2.75) is 89.9 Å². The van der Waals surface area contributed by atoms with E-state index in [2.05, 4.69) is 4.90 Å². The zero-order valence-corrected chi connectivity index (χ0v) is 15.6. The van der Waals surface area contributed by atoms with E-state index >= 15 is 0 Å². The van der Waals surface area contributed by atoms with Crippen LogP contribution in [-0.2, 0) is 4.79 Å². The first kappa shape index (κ1) is 16.9. The Morgan fingerprint density at radius 3 is 2.42 bits per heavy atom. The fourth-order valence-electron chi connectivity index (χ4n) is 6.65. The van der Waals surface area contributed by atoms with Gasteiger partial charge in [0.15, 0.2) is 0 Å². The van der Waals surface area contributed by atoms with E-state index in [1.165, 1.54) is 83.5 Å². The number of carbonyl (C=O) groups excluding carboxylic acids is 1. The Hall–Kier alpha value is -0.530. The fourth-order valence-corrected chi connectivity index (χ4v) is 6.65. The summed E-state index contributed by atoms with van der Waals surface area (Å²) in [6.45, 7) is 2.13. The molecule has 4 unspecified atom stereocenters. The van der Waals surface area contributed by atoms with Gasteiger partial charge in [-0.1, -0.05) is 57.8 Å². The van der Waals surface area contributed by atoms with Gasteiger partial charge in [0.05, 0.1) is 0 Å². The van der Waals surface area contributed by atoms with Crippen LogP contribution in [0.2, 0.25) is 0 Å². The van der Waals surface area contributed by atoms with Crippen molar-refractivity contribution in [3.05, 3.63) is 0 Å². The van der Waals surface area contributed by atoms with Crippen LogP contribution in [0.15, 0.2) is 0 Å². The number of rotatable bonds is 4. The first-order valence-corrected chi connectivity index (χ1v) is 11.1. The molecule has 0 aromatic heterocycles. The van der Waals surface area contributed by atoms with Crippen LogP contribution in [0.3, 0.4) is 0 Å². The first-order chi connectivity index (χ1) is 11.8. The molecule has 4 aliphatic rings. The van der Waals surface area contributed by atoms with Crippen molar-refractivity contribution in [3.8, 4) is 0 Å². The molecule has 1 aliphatic heterocycles. The Morgan fingerprint density at radius 1 is 0.792 bits per heavy atom. The summed E-state index contributed by atoms with van der Waals surface area (Å²) < 4.78 is 0. The zero-order chi connectivity index (χ0) is 16.4. The highest BCUT2D eigenvalue weighted by Crippen LogP contribution is 2.45. The fraction of sp³-hybridized carbons (Fsp3) is 0.955. The maximum atomic E-state index is 12.9. The molecule has 2 heteroatoms. The third-order valence-electron chi connectivity index (χ3n) is 7.94. The van der Waals surface area contributed by atoms with Gasteiger partial charge >= 0.3 is 0 Å². The second-order valence-corrected chi connectivity index (χ2v) is 9.48. The minimum Gasteiger partial charge on any atom is -0.342 e. The van der Waals surface area contributed by atoms with Crippen LogP contribution in [0.5, 0.6) is 0 Å². The Labute approximate surface area is 148 Å². The molecule has 3 aliphatic carbocycles. The molecule has 0 aromatic carbocycles. The number of likely N-dealkylation sites (tertiary alicyclic amines) is 1. The van der Waals surface area contributed by atoms with Crippen LogP contribution in [0, 0.1) is 29.6 Å². The molecule has 0 N–H and O–H groups in total. The van der Waals surface area contributed by atoms with Crippen LogP contribution >= 0.6 is 0 Å². The number of amides is 1. The highest BCUT2D eigenvalue weighted by Gasteiger charge is 2.37. The molecule has 1 amide bonds. The summed E-state index contributed by atoms with van der Waals surface area (Å²) in [4.78, 5) is 15.1. The SMILES string of the molecule is O=C(CC1CCCC2CCCCC21)N1CCC(CC2CCCC2)C1. The zero-order valence-electron chi connectivity index (χ0n) is 15.6. The molecule has 3 saturated carbocycles. The van der Waals surface area contributed by atoms with Crippen molar-refractivity contribution in [1.82, 2.24) is 4.90 Å². The maximum Gasteiger partial charge on any atom is 0.222 e. The van der Waals surface area contributed by atoms with E-state index in [0.29, 0.717) is 11.8 Å². The lowest BCUT2D eigenvalue weighted by molar-refractivity contribution is -0.132. The minimum absolute atomic E-state index is 0.500. The molecular weight excluding hydrogens is 294 g/mol. The van der Waals surface area contributed by atoms with Gasteiger partial charge in [-0.15, -0.1) is 0 Å².